The van der Waals surface area contributed by atoms with Crippen molar-refractivity contribution >= 4 is 23.5 Å². The van der Waals surface area contributed by atoms with Crippen molar-refractivity contribution in [2.24, 2.45) is 0 Å². The van der Waals surface area contributed by atoms with Gasteiger partial charge in [0.1, 0.15) is 6.10 Å². The smallest absolute Gasteiger partial charge is 0.338 e. The number of benzene rings is 1. The summed E-state index contributed by atoms with van der Waals surface area (Å²) >= 11 is 0. The maximum Gasteiger partial charge on any atom is 0.338 e. The molecule has 3 rings (SSSR count). The zero-order valence-electron chi connectivity index (χ0n) is 16.2. The lowest BCUT2D eigenvalue weighted by Gasteiger charge is -2.33. The molecule has 152 valence electrons. The first-order valence-corrected chi connectivity index (χ1v) is 9.88. The molecule has 0 aromatic heterocycles. The van der Waals surface area contributed by atoms with Gasteiger partial charge in [0, 0.05) is 12.3 Å². The first kappa shape index (κ1) is 20.3. The fraction of sp³-hybridized carbons (Fsp3) is 0.550. The van der Waals surface area contributed by atoms with Crippen LogP contribution in [0, 0.1) is 0 Å². The molecule has 0 spiro atoms. The topological polar surface area (TPSA) is 89.4 Å². The summed E-state index contributed by atoms with van der Waals surface area (Å²) in [7, 11) is 0. The molecule has 2 amide bonds. The molecule has 0 saturated carbocycles. The summed E-state index contributed by atoms with van der Waals surface area (Å²) in [6, 6.07) is 6.65. The molecule has 2 saturated heterocycles. The largest absolute Gasteiger partial charge is 0.462 e. The number of piperazine rings is 1. The number of carbonyl (C=O) groups is 3. The third kappa shape index (κ3) is 5.30. The molecular weight excluding hydrogens is 362 g/mol. The number of nitrogens with one attached hydrogen (secondary N) is 2. The van der Waals surface area contributed by atoms with E-state index in [-0.39, 0.29) is 23.9 Å². The van der Waals surface area contributed by atoms with Gasteiger partial charge in [-0.2, -0.15) is 0 Å². The van der Waals surface area contributed by atoms with Crippen LogP contribution in [0.5, 0.6) is 0 Å². The number of hydrogen-bond donors (Lipinski definition) is 2. The summed E-state index contributed by atoms with van der Waals surface area (Å²) in [6.45, 7) is 5.89. The second-order valence-electron chi connectivity index (χ2n) is 7.10. The lowest BCUT2D eigenvalue weighted by molar-refractivity contribution is -0.895. The minimum absolute atomic E-state index is 0.0854. The molecular formula is C20H28N3O5+. The Morgan fingerprint density at radius 2 is 1.93 bits per heavy atom. The predicted octanol–water partition coefficient (Wildman–Crippen LogP) is -0.292. The molecule has 2 N–H and O–H groups in total. The number of quaternary nitrogens is 1. The minimum atomic E-state index is -0.375. The van der Waals surface area contributed by atoms with E-state index in [1.165, 1.54) is 0 Å². The Kier molecular flexibility index (Phi) is 7.00. The number of amides is 2. The number of ether oxygens (including phenoxy) is 2. The Balaban J connectivity index is 1.42. The van der Waals surface area contributed by atoms with Crippen LogP contribution in [-0.4, -0.2) is 74.7 Å². The van der Waals surface area contributed by atoms with Gasteiger partial charge in [-0.3, -0.25) is 9.59 Å². The van der Waals surface area contributed by atoms with Crippen LogP contribution < -0.4 is 10.2 Å². The molecule has 1 aromatic rings. The molecule has 0 unspecified atom stereocenters. The van der Waals surface area contributed by atoms with Crippen molar-refractivity contribution in [2.45, 2.75) is 25.9 Å². The van der Waals surface area contributed by atoms with Crippen molar-refractivity contribution < 1.29 is 28.8 Å². The molecule has 8 heteroatoms. The van der Waals surface area contributed by atoms with E-state index in [2.05, 4.69) is 5.32 Å². The number of nitrogens with zero attached hydrogens (tertiary/aromatic N) is 1. The summed E-state index contributed by atoms with van der Waals surface area (Å²) in [4.78, 5) is 39.3. The molecule has 2 heterocycles. The quantitative estimate of drug-likeness (QED) is 0.652. The predicted molar refractivity (Wildman–Crippen MR) is 102 cm³/mol. The SMILES string of the molecule is CCOC(=O)c1ccc(NC(=O)C[NH+]2CCN(C(=O)[C@@H]3CCCO3)CC2)cc1. The highest BCUT2D eigenvalue weighted by molar-refractivity contribution is 5.93. The molecule has 28 heavy (non-hydrogen) atoms. The molecule has 2 aliphatic rings. The standard InChI is InChI=1S/C20H27N3O5/c1-2-27-20(26)15-5-7-16(8-6-15)21-18(24)14-22-9-11-23(12-10-22)19(25)17-4-3-13-28-17/h5-8,17H,2-4,9-14H2,1H3,(H,21,24)/p+1/t17-/m0/s1. The minimum Gasteiger partial charge on any atom is -0.462 e. The first-order valence-electron chi connectivity index (χ1n) is 9.88. The highest BCUT2D eigenvalue weighted by atomic mass is 16.5. The zero-order valence-corrected chi connectivity index (χ0v) is 16.2. The molecule has 2 fully saturated rings. The van der Waals surface area contributed by atoms with Crippen LogP contribution >= 0.6 is 0 Å². The Bertz CT molecular complexity index is 692. The van der Waals surface area contributed by atoms with Crippen LogP contribution in [-0.2, 0) is 19.1 Å². The van der Waals surface area contributed by atoms with Crippen LogP contribution in [0.1, 0.15) is 30.1 Å². The van der Waals surface area contributed by atoms with Crippen LogP contribution in [0.25, 0.3) is 0 Å². The Morgan fingerprint density at radius 3 is 2.54 bits per heavy atom. The van der Waals surface area contributed by atoms with Crippen molar-refractivity contribution in [1.29, 1.82) is 0 Å². The molecule has 1 aromatic carbocycles. The average Bonchev–Trinajstić information content (AvgIpc) is 3.23. The van der Waals surface area contributed by atoms with E-state index >= 15 is 0 Å². The highest BCUT2D eigenvalue weighted by Crippen LogP contribution is 2.14. The van der Waals surface area contributed by atoms with E-state index in [0.29, 0.717) is 44.1 Å². The molecule has 8 nitrogen and oxygen atoms in total. The molecule has 2 aliphatic heterocycles. The van der Waals surface area contributed by atoms with Crippen molar-refractivity contribution in [3.63, 3.8) is 0 Å². The van der Waals surface area contributed by atoms with Gasteiger partial charge in [-0.25, -0.2) is 4.79 Å². The van der Waals surface area contributed by atoms with Gasteiger partial charge in [0.25, 0.3) is 11.8 Å². The lowest BCUT2D eigenvalue weighted by atomic mass is 10.2. The molecule has 1 atom stereocenters. The average molecular weight is 390 g/mol. The van der Waals surface area contributed by atoms with E-state index in [1.807, 2.05) is 4.90 Å². The van der Waals surface area contributed by atoms with E-state index in [9.17, 15) is 14.4 Å². The fourth-order valence-electron chi connectivity index (χ4n) is 3.53. The third-order valence-corrected chi connectivity index (χ3v) is 5.08. The summed E-state index contributed by atoms with van der Waals surface area (Å²) in [5.74, 6) is -0.374. The van der Waals surface area contributed by atoms with E-state index in [4.69, 9.17) is 9.47 Å². The van der Waals surface area contributed by atoms with Crippen LogP contribution in [0.15, 0.2) is 24.3 Å². The van der Waals surface area contributed by atoms with Crippen LogP contribution in [0.2, 0.25) is 0 Å². The second-order valence-corrected chi connectivity index (χ2v) is 7.10. The second kappa shape index (κ2) is 9.66. The highest BCUT2D eigenvalue weighted by Gasteiger charge is 2.32. The van der Waals surface area contributed by atoms with E-state index in [0.717, 1.165) is 30.8 Å². The first-order chi connectivity index (χ1) is 13.6. The Hall–Kier alpha value is -2.45. The number of anilines is 1. The maximum atomic E-state index is 12.4. The van der Waals surface area contributed by atoms with Crippen LogP contribution in [0.3, 0.4) is 0 Å². The zero-order chi connectivity index (χ0) is 19.9. The van der Waals surface area contributed by atoms with Crippen molar-refractivity contribution in [2.75, 3.05) is 51.3 Å². The van der Waals surface area contributed by atoms with E-state index in [1.54, 1.807) is 31.2 Å². The van der Waals surface area contributed by atoms with Crippen molar-refractivity contribution in [3.8, 4) is 0 Å². The van der Waals surface area contributed by atoms with Gasteiger partial charge in [-0.15, -0.1) is 0 Å². The van der Waals surface area contributed by atoms with Gasteiger partial charge in [-0.1, -0.05) is 0 Å². The number of esters is 1. The summed E-state index contributed by atoms with van der Waals surface area (Å²) in [5, 5.41) is 2.85. The van der Waals surface area contributed by atoms with Crippen molar-refractivity contribution in [1.82, 2.24) is 4.90 Å². The summed E-state index contributed by atoms with van der Waals surface area (Å²) in [6.07, 6.45) is 1.48. The van der Waals surface area contributed by atoms with Crippen molar-refractivity contribution in [3.05, 3.63) is 29.8 Å². The Labute approximate surface area is 164 Å². The lowest BCUT2D eigenvalue weighted by Crippen LogP contribution is -3.15. The number of carbonyl (C=O) groups excluding carboxylic acids is 3. The number of hydrogen-bond acceptors (Lipinski definition) is 5. The van der Waals surface area contributed by atoms with Gasteiger partial charge in [0.05, 0.1) is 38.3 Å². The van der Waals surface area contributed by atoms with Gasteiger partial charge in [0.15, 0.2) is 6.54 Å². The maximum absolute atomic E-state index is 12.4. The van der Waals surface area contributed by atoms with Gasteiger partial charge >= 0.3 is 5.97 Å². The molecule has 0 aliphatic carbocycles. The number of rotatable bonds is 6. The normalized spacial score (nSPS) is 20.0. The van der Waals surface area contributed by atoms with Gasteiger partial charge < -0.3 is 24.6 Å². The van der Waals surface area contributed by atoms with Gasteiger partial charge in [0.2, 0.25) is 0 Å². The van der Waals surface area contributed by atoms with E-state index < -0.39 is 0 Å². The van der Waals surface area contributed by atoms with Crippen LogP contribution in [0.4, 0.5) is 5.69 Å². The fourth-order valence-corrected chi connectivity index (χ4v) is 3.53. The summed E-state index contributed by atoms with van der Waals surface area (Å²) < 4.78 is 10.4. The third-order valence-electron chi connectivity index (χ3n) is 5.08. The van der Waals surface area contributed by atoms with Gasteiger partial charge in [-0.05, 0) is 44.0 Å². The molecule has 0 radical (unpaired) electrons. The monoisotopic (exact) mass is 390 g/mol. The Morgan fingerprint density at radius 1 is 1.21 bits per heavy atom. The molecule has 0 bridgehead atoms. The summed E-state index contributed by atoms with van der Waals surface area (Å²) in [5.41, 5.74) is 1.10.